The van der Waals surface area contributed by atoms with Gasteiger partial charge in [-0.15, -0.1) is 0 Å². The van der Waals surface area contributed by atoms with E-state index in [4.69, 9.17) is 23.8 Å². The molecule has 0 radical (unpaired) electrons. The van der Waals surface area contributed by atoms with Gasteiger partial charge in [0, 0.05) is 10.0 Å². The maximum absolute atomic E-state index is 12.3. The number of nitrogens with one attached hydrogen (secondary N) is 2. The summed E-state index contributed by atoms with van der Waals surface area (Å²) in [6.45, 7) is 6.38. The number of carbonyl (C=O) groups excluding carboxylic acids is 1. The summed E-state index contributed by atoms with van der Waals surface area (Å²) in [6.07, 6.45) is 0. The number of amides is 1. The van der Waals surface area contributed by atoms with Gasteiger partial charge >= 0.3 is 0 Å². The minimum atomic E-state index is -0.263. The molecular weight excluding hydrogens is 408 g/mol. The zero-order valence-electron chi connectivity index (χ0n) is 13.6. The van der Waals surface area contributed by atoms with Crippen LogP contribution in [0.2, 0.25) is 5.02 Å². The van der Waals surface area contributed by atoms with Crippen molar-refractivity contribution in [1.82, 2.24) is 5.32 Å². The molecule has 0 spiro atoms. The molecule has 1 amide bonds. The molecule has 0 aliphatic rings. The van der Waals surface area contributed by atoms with Gasteiger partial charge < -0.3 is 5.32 Å². The Morgan fingerprint density at radius 3 is 2.29 bits per heavy atom. The van der Waals surface area contributed by atoms with Crippen LogP contribution in [-0.2, 0) is 5.41 Å². The van der Waals surface area contributed by atoms with Crippen LogP contribution in [-0.4, -0.2) is 11.0 Å². The van der Waals surface area contributed by atoms with E-state index in [9.17, 15) is 4.79 Å². The first-order chi connectivity index (χ1) is 11.2. The van der Waals surface area contributed by atoms with Crippen LogP contribution in [0.15, 0.2) is 46.9 Å². The average Bonchev–Trinajstić information content (AvgIpc) is 2.49. The van der Waals surface area contributed by atoms with Crippen molar-refractivity contribution in [2.45, 2.75) is 26.2 Å². The largest absolute Gasteiger partial charge is 0.331 e. The van der Waals surface area contributed by atoms with E-state index in [1.807, 2.05) is 18.2 Å². The fraction of sp³-hybridized carbons (Fsp3) is 0.222. The summed E-state index contributed by atoms with van der Waals surface area (Å²) in [7, 11) is 0. The molecule has 2 aromatic rings. The van der Waals surface area contributed by atoms with Gasteiger partial charge in [-0.2, -0.15) is 0 Å². The van der Waals surface area contributed by atoms with Gasteiger partial charge in [-0.3, -0.25) is 10.1 Å². The number of halogens is 2. The van der Waals surface area contributed by atoms with E-state index in [0.717, 1.165) is 4.47 Å². The predicted molar refractivity (Wildman–Crippen MR) is 108 cm³/mol. The summed E-state index contributed by atoms with van der Waals surface area (Å²) in [6, 6.07) is 12.9. The van der Waals surface area contributed by atoms with Crippen molar-refractivity contribution in [3.8, 4) is 0 Å². The maximum Gasteiger partial charge on any atom is 0.257 e. The zero-order valence-corrected chi connectivity index (χ0v) is 16.8. The van der Waals surface area contributed by atoms with Crippen LogP contribution in [0, 0.1) is 0 Å². The van der Waals surface area contributed by atoms with Crippen molar-refractivity contribution in [3.63, 3.8) is 0 Å². The molecule has 0 bridgehead atoms. The first kappa shape index (κ1) is 18.9. The lowest BCUT2D eigenvalue weighted by Crippen LogP contribution is -2.34. The number of hydrogen-bond donors (Lipinski definition) is 2. The molecule has 24 heavy (non-hydrogen) atoms. The van der Waals surface area contributed by atoms with Gasteiger partial charge in [0.2, 0.25) is 0 Å². The standard InChI is InChI=1S/C18H18BrClN2OS/c1-18(2,3)12-6-4-11(5-7-12)16(23)22-17(24)21-15-9-8-13(19)10-14(15)20/h4-10H,1-3H3,(H2,21,22,23,24). The Bertz CT molecular complexity index is 770. The van der Waals surface area contributed by atoms with E-state index in [0.29, 0.717) is 16.3 Å². The Kier molecular flexibility index (Phi) is 6.01. The van der Waals surface area contributed by atoms with Gasteiger partial charge in [-0.1, -0.05) is 60.4 Å². The van der Waals surface area contributed by atoms with Crippen LogP contribution in [0.4, 0.5) is 5.69 Å². The van der Waals surface area contributed by atoms with E-state index >= 15 is 0 Å². The maximum atomic E-state index is 12.3. The highest BCUT2D eigenvalue weighted by molar-refractivity contribution is 9.10. The lowest BCUT2D eigenvalue weighted by atomic mass is 9.87. The molecule has 126 valence electrons. The highest BCUT2D eigenvalue weighted by Crippen LogP contribution is 2.25. The van der Waals surface area contributed by atoms with Gasteiger partial charge in [-0.05, 0) is 53.5 Å². The van der Waals surface area contributed by atoms with Crippen molar-refractivity contribution in [2.24, 2.45) is 0 Å². The fourth-order valence-corrected chi connectivity index (χ4v) is 2.96. The zero-order chi connectivity index (χ0) is 17.9. The summed E-state index contributed by atoms with van der Waals surface area (Å²) in [5.74, 6) is -0.263. The molecule has 0 aliphatic carbocycles. The molecule has 6 heteroatoms. The Morgan fingerprint density at radius 2 is 1.75 bits per heavy atom. The number of thiocarbonyl (C=S) groups is 1. The van der Waals surface area contributed by atoms with Gasteiger partial charge in [0.25, 0.3) is 5.91 Å². The van der Waals surface area contributed by atoms with E-state index in [1.165, 1.54) is 5.56 Å². The SMILES string of the molecule is CC(C)(C)c1ccc(C(=O)NC(=S)Nc2ccc(Br)cc2Cl)cc1. The van der Waals surface area contributed by atoms with E-state index < -0.39 is 0 Å². The number of rotatable bonds is 2. The molecule has 0 heterocycles. The summed E-state index contributed by atoms with van der Waals surface area (Å²) >= 11 is 14.6. The highest BCUT2D eigenvalue weighted by Gasteiger charge is 2.15. The molecule has 2 rings (SSSR count). The van der Waals surface area contributed by atoms with E-state index in [-0.39, 0.29) is 16.4 Å². The second-order valence-corrected chi connectivity index (χ2v) is 8.09. The Hall–Kier alpha value is -1.43. The summed E-state index contributed by atoms with van der Waals surface area (Å²) in [4.78, 5) is 12.3. The first-order valence-electron chi connectivity index (χ1n) is 7.35. The van der Waals surface area contributed by atoms with Crippen LogP contribution in [0.1, 0.15) is 36.7 Å². The van der Waals surface area contributed by atoms with Crippen molar-refractivity contribution < 1.29 is 4.79 Å². The number of hydrogen-bond acceptors (Lipinski definition) is 2. The van der Waals surface area contributed by atoms with Gasteiger partial charge in [0.15, 0.2) is 5.11 Å². The third-order valence-electron chi connectivity index (χ3n) is 3.42. The molecule has 2 aromatic carbocycles. The summed E-state index contributed by atoms with van der Waals surface area (Å²) in [5.41, 5.74) is 2.40. The quantitative estimate of drug-likeness (QED) is 0.622. The minimum absolute atomic E-state index is 0.0458. The third kappa shape index (κ3) is 5.03. The lowest BCUT2D eigenvalue weighted by molar-refractivity contribution is 0.0977. The fourth-order valence-electron chi connectivity index (χ4n) is 2.04. The van der Waals surface area contributed by atoms with Crippen LogP contribution < -0.4 is 10.6 Å². The van der Waals surface area contributed by atoms with Crippen LogP contribution >= 0.6 is 39.7 Å². The van der Waals surface area contributed by atoms with Gasteiger partial charge in [-0.25, -0.2) is 0 Å². The third-order valence-corrected chi connectivity index (χ3v) is 4.43. The molecular formula is C18H18BrClN2OS. The Balaban J connectivity index is 2.02. The molecule has 0 fully saturated rings. The second kappa shape index (κ2) is 7.64. The topological polar surface area (TPSA) is 41.1 Å². The van der Waals surface area contributed by atoms with E-state index in [2.05, 4.69) is 47.3 Å². The van der Waals surface area contributed by atoms with E-state index in [1.54, 1.807) is 24.3 Å². The number of benzene rings is 2. The van der Waals surface area contributed by atoms with Crippen molar-refractivity contribution in [3.05, 3.63) is 63.1 Å². The molecule has 0 aliphatic heterocycles. The molecule has 3 nitrogen and oxygen atoms in total. The average molecular weight is 426 g/mol. The molecule has 2 N–H and O–H groups in total. The molecule has 0 atom stereocenters. The molecule has 0 unspecified atom stereocenters. The molecule has 0 saturated heterocycles. The highest BCUT2D eigenvalue weighted by atomic mass is 79.9. The number of anilines is 1. The predicted octanol–water partition coefficient (Wildman–Crippen LogP) is 5.53. The lowest BCUT2D eigenvalue weighted by Gasteiger charge is -2.19. The van der Waals surface area contributed by atoms with Crippen LogP contribution in [0.5, 0.6) is 0 Å². The Morgan fingerprint density at radius 1 is 1.12 bits per heavy atom. The normalized spacial score (nSPS) is 11.0. The minimum Gasteiger partial charge on any atom is -0.331 e. The van der Waals surface area contributed by atoms with Gasteiger partial charge in [0.1, 0.15) is 0 Å². The second-order valence-electron chi connectivity index (χ2n) is 6.36. The van der Waals surface area contributed by atoms with Crippen LogP contribution in [0.3, 0.4) is 0 Å². The van der Waals surface area contributed by atoms with Crippen molar-refractivity contribution in [1.29, 1.82) is 0 Å². The van der Waals surface area contributed by atoms with Crippen molar-refractivity contribution in [2.75, 3.05) is 5.32 Å². The van der Waals surface area contributed by atoms with Crippen LogP contribution in [0.25, 0.3) is 0 Å². The summed E-state index contributed by atoms with van der Waals surface area (Å²) < 4.78 is 0.868. The molecule has 0 aromatic heterocycles. The smallest absolute Gasteiger partial charge is 0.257 e. The Labute approximate surface area is 160 Å². The van der Waals surface area contributed by atoms with Crippen molar-refractivity contribution >= 4 is 56.5 Å². The number of carbonyl (C=O) groups is 1. The van der Waals surface area contributed by atoms with Gasteiger partial charge in [0.05, 0.1) is 10.7 Å². The first-order valence-corrected chi connectivity index (χ1v) is 8.92. The summed E-state index contributed by atoms with van der Waals surface area (Å²) in [5, 5.41) is 6.28. The molecule has 0 saturated carbocycles. The monoisotopic (exact) mass is 424 g/mol.